The third kappa shape index (κ3) is 3.61. The minimum Gasteiger partial charge on any atom is -0.290 e. The van der Waals surface area contributed by atoms with Crippen molar-refractivity contribution in [2.45, 2.75) is 19.0 Å². The Labute approximate surface area is 138 Å². The summed E-state index contributed by atoms with van der Waals surface area (Å²) in [6.07, 6.45) is 0. The van der Waals surface area contributed by atoms with Gasteiger partial charge in [0.05, 0.1) is 18.2 Å². The summed E-state index contributed by atoms with van der Waals surface area (Å²) < 4.78 is 0. The molecule has 3 heteroatoms. The van der Waals surface area contributed by atoms with Gasteiger partial charge in [0, 0.05) is 26.2 Å². The molecule has 3 nitrogen and oxygen atoms in total. The fraction of sp³-hybridized carbons (Fsp3) is 0.350. The van der Waals surface area contributed by atoms with Crippen molar-refractivity contribution in [1.82, 2.24) is 9.80 Å². The van der Waals surface area contributed by atoms with Crippen LogP contribution in [0.25, 0.3) is 0 Å². The lowest BCUT2D eigenvalue weighted by atomic mass is 9.96. The third-order valence-electron chi connectivity index (χ3n) is 4.68. The maximum absolute atomic E-state index is 9.11. The molecule has 0 unspecified atom stereocenters. The lowest BCUT2D eigenvalue weighted by Crippen LogP contribution is -2.50. The van der Waals surface area contributed by atoms with Crippen LogP contribution in [0.3, 0.4) is 0 Å². The summed E-state index contributed by atoms with van der Waals surface area (Å²) in [5, 5.41) is 9.11. The molecule has 1 aliphatic heterocycles. The van der Waals surface area contributed by atoms with Gasteiger partial charge in [0.15, 0.2) is 0 Å². The fourth-order valence-electron chi connectivity index (χ4n) is 3.35. The molecule has 0 radical (unpaired) electrons. The number of rotatable bonds is 4. The summed E-state index contributed by atoms with van der Waals surface area (Å²) in [6.45, 7) is 5.86. The zero-order valence-electron chi connectivity index (χ0n) is 13.6. The van der Waals surface area contributed by atoms with E-state index in [1.165, 1.54) is 11.1 Å². The Balaban J connectivity index is 1.82. The molecule has 23 heavy (non-hydrogen) atoms. The average molecular weight is 305 g/mol. The molecule has 0 amide bonds. The highest BCUT2D eigenvalue weighted by Crippen LogP contribution is 2.29. The van der Waals surface area contributed by atoms with Crippen molar-refractivity contribution in [3.05, 3.63) is 71.8 Å². The second-order valence-electron chi connectivity index (χ2n) is 6.10. The standard InChI is InChI=1S/C20H23N3/c1-17(16-21)22-12-14-23(15-13-22)20(18-8-4-2-5-9-18)19-10-6-3-7-11-19/h2-11,17,20H,12-15H2,1H3/t17-/m1/s1. The normalized spacial score (nSPS) is 17.8. The molecule has 1 aliphatic rings. The van der Waals surface area contributed by atoms with Crippen LogP contribution in [0.1, 0.15) is 24.1 Å². The lowest BCUT2D eigenvalue weighted by Gasteiger charge is -2.40. The van der Waals surface area contributed by atoms with Gasteiger partial charge < -0.3 is 0 Å². The number of nitrogens with zero attached hydrogens (tertiary/aromatic N) is 3. The highest BCUT2D eigenvalue weighted by atomic mass is 15.3. The molecule has 0 spiro atoms. The van der Waals surface area contributed by atoms with Crippen LogP contribution in [0, 0.1) is 11.3 Å². The van der Waals surface area contributed by atoms with E-state index in [1.54, 1.807) is 0 Å². The van der Waals surface area contributed by atoms with Crippen molar-refractivity contribution in [2.24, 2.45) is 0 Å². The van der Waals surface area contributed by atoms with Gasteiger partial charge in [0.25, 0.3) is 0 Å². The molecule has 0 bridgehead atoms. The molecule has 1 saturated heterocycles. The van der Waals surface area contributed by atoms with E-state index in [9.17, 15) is 0 Å². The lowest BCUT2D eigenvalue weighted by molar-refractivity contribution is 0.0982. The van der Waals surface area contributed by atoms with Crippen LogP contribution in [0.5, 0.6) is 0 Å². The van der Waals surface area contributed by atoms with Gasteiger partial charge >= 0.3 is 0 Å². The number of hydrogen-bond acceptors (Lipinski definition) is 3. The van der Waals surface area contributed by atoms with E-state index in [1.807, 2.05) is 6.92 Å². The Morgan fingerprint density at radius 1 is 0.783 bits per heavy atom. The van der Waals surface area contributed by atoms with Crippen LogP contribution in [0.2, 0.25) is 0 Å². The van der Waals surface area contributed by atoms with Crippen LogP contribution in [0.4, 0.5) is 0 Å². The molecule has 0 aliphatic carbocycles. The molecule has 0 saturated carbocycles. The smallest absolute Gasteiger partial charge is 0.0950 e. The fourth-order valence-corrected chi connectivity index (χ4v) is 3.35. The summed E-state index contributed by atoms with van der Waals surface area (Å²) >= 11 is 0. The first-order valence-corrected chi connectivity index (χ1v) is 8.27. The van der Waals surface area contributed by atoms with E-state index >= 15 is 0 Å². The molecular formula is C20H23N3. The first-order valence-electron chi connectivity index (χ1n) is 8.27. The topological polar surface area (TPSA) is 30.3 Å². The van der Waals surface area contributed by atoms with Crippen molar-refractivity contribution in [3.8, 4) is 6.07 Å². The molecule has 1 fully saturated rings. The summed E-state index contributed by atoms with van der Waals surface area (Å²) in [7, 11) is 0. The van der Waals surface area contributed by atoms with Gasteiger partial charge in [-0.1, -0.05) is 60.7 Å². The SMILES string of the molecule is C[C@H](C#N)N1CCN(C(c2ccccc2)c2ccccc2)CC1. The molecule has 0 aromatic heterocycles. The van der Waals surface area contributed by atoms with Gasteiger partial charge in [-0.2, -0.15) is 5.26 Å². The van der Waals surface area contributed by atoms with E-state index in [0.29, 0.717) is 0 Å². The van der Waals surface area contributed by atoms with Crippen LogP contribution in [-0.2, 0) is 0 Å². The van der Waals surface area contributed by atoms with Crippen LogP contribution >= 0.6 is 0 Å². The quantitative estimate of drug-likeness (QED) is 0.868. The number of nitriles is 1. The summed E-state index contributed by atoms with van der Waals surface area (Å²) in [6, 6.07) is 24.1. The maximum Gasteiger partial charge on any atom is 0.0950 e. The maximum atomic E-state index is 9.11. The first kappa shape index (κ1) is 15.7. The van der Waals surface area contributed by atoms with Crippen molar-refractivity contribution < 1.29 is 0 Å². The second kappa shape index (κ2) is 7.41. The van der Waals surface area contributed by atoms with E-state index in [2.05, 4.69) is 76.5 Å². The van der Waals surface area contributed by atoms with Gasteiger partial charge in [-0.05, 0) is 18.1 Å². The molecule has 2 aromatic rings. The molecular weight excluding hydrogens is 282 g/mol. The largest absolute Gasteiger partial charge is 0.290 e. The monoisotopic (exact) mass is 305 g/mol. The number of benzene rings is 2. The highest BCUT2D eigenvalue weighted by Gasteiger charge is 2.27. The second-order valence-corrected chi connectivity index (χ2v) is 6.10. The molecule has 0 N–H and O–H groups in total. The molecule has 118 valence electrons. The van der Waals surface area contributed by atoms with Gasteiger partial charge in [-0.15, -0.1) is 0 Å². The van der Waals surface area contributed by atoms with Crippen LogP contribution < -0.4 is 0 Å². The Kier molecular flexibility index (Phi) is 5.07. The van der Waals surface area contributed by atoms with Crippen LogP contribution in [0.15, 0.2) is 60.7 Å². The first-order chi connectivity index (χ1) is 11.3. The van der Waals surface area contributed by atoms with E-state index in [0.717, 1.165) is 26.2 Å². The Morgan fingerprint density at radius 2 is 1.22 bits per heavy atom. The van der Waals surface area contributed by atoms with Crippen molar-refractivity contribution in [3.63, 3.8) is 0 Å². The predicted molar refractivity (Wildman–Crippen MR) is 92.9 cm³/mol. The van der Waals surface area contributed by atoms with Crippen molar-refractivity contribution in [2.75, 3.05) is 26.2 Å². The number of hydrogen-bond donors (Lipinski definition) is 0. The zero-order valence-corrected chi connectivity index (χ0v) is 13.6. The van der Waals surface area contributed by atoms with Crippen LogP contribution in [-0.4, -0.2) is 42.0 Å². The Hall–Kier alpha value is -2.15. The minimum absolute atomic E-state index is 0.00375. The Bertz CT molecular complexity index is 600. The highest BCUT2D eigenvalue weighted by molar-refractivity contribution is 5.32. The van der Waals surface area contributed by atoms with Gasteiger partial charge in [-0.3, -0.25) is 9.80 Å². The zero-order chi connectivity index (χ0) is 16.1. The van der Waals surface area contributed by atoms with E-state index < -0.39 is 0 Å². The van der Waals surface area contributed by atoms with E-state index in [4.69, 9.17) is 5.26 Å². The molecule has 2 aromatic carbocycles. The average Bonchev–Trinajstić information content (AvgIpc) is 2.64. The third-order valence-corrected chi connectivity index (χ3v) is 4.68. The number of piperazine rings is 1. The van der Waals surface area contributed by atoms with Gasteiger partial charge in [0.2, 0.25) is 0 Å². The predicted octanol–water partition coefficient (Wildman–Crippen LogP) is 3.31. The van der Waals surface area contributed by atoms with E-state index in [-0.39, 0.29) is 12.1 Å². The Morgan fingerprint density at radius 3 is 1.65 bits per heavy atom. The van der Waals surface area contributed by atoms with Crippen molar-refractivity contribution in [1.29, 1.82) is 5.26 Å². The summed E-state index contributed by atoms with van der Waals surface area (Å²) in [4.78, 5) is 4.80. The van der Waals surface area contributed by atoms with Gasteiger partial charge in [0.1, 0.15) is 0 Å². The summed E-state index contributed by atoms with van der Waals surface area (Å²) in [5.74, 6) is 0. The molecule has 1 heterocycles. The summed E-state index contributed by atoms with van der Waals surface area (Å²) in [5.41, 5.74) is 2.67. The minimum atomic E-state index is 0.00375. The van der Waals surface area contributed by atoms with Crippen molar-refractivity contribution >= 4 is 0 Å². The molecule has 3 rings (SSSR count). The van der Waals surface area contributed by atoms with Gasteiger partial charge in [-0.25, -0.2) is 0 Å². The molecule has 1 atom stereocenters.